The third kappa shape index (κ3) is 5.86. The number of benzene rings is 2. The van der Waals surface area contributed by atoms with Gasteiger partial charge in [-0.1, -0.05) is 50.3 Å². The Morgan fingerprint density at radius 3 is 2.38 bits per heavy atom. The van der Waals surface area contributed by atoms with E-state index in [4.69, 9.17) is 0 Å². The highest BCUT2D eigenvalue weighted by atomic mass is 79.9. The highest BCUT2D eigenvalue weighted by Gasteiger charge is 2.29. The first kappa shape index (κ1) is 24.2. The maximum absolute atomic E-state index is 12.5. The molecule has 172 valence electrons. The van der Waals surface area contributed by atoms with Crippen molar-refractivity contribution in [2.75, 3.05) is 4.90 Å². The Bertz CT molecular complexity index is 1120. The zero-order valence-electron chi connectivity index (χ0n) is 18.2. The minimum atomic E-state index is -4.74. The smallest absolute Gasteiger partial charge is 0.307 e. The Morgan fingerprint density at radius 1 is 1.12 bits per heavy atom. The molecule has 1 aromatic heterocycles. The van der Waals surface area contributed by atoms with Crippen molar-refractivity contribution >= 4 is 38.6 Å². The van der Waals surface area contributed by atoms with Gasteiger partial charge in [-0.3, -0.25) is 9.53 Å². The summed E-state index contributed by atoms with van der Waals surface area (Å²) in [6.45, 7) is 7.81. The van der Waals surface area contributed by atoms with Gasteiger partial charge in [0, 0.05) is 13.5 Å². The van der Waals surface area contributed by atoms with Gasteiger partial charge in [0.25, 0.3) is 0 Å². The molecule has 10 heteroatoms. The number of amides is 1. The van der Waals surface area contributed by atoms with E-state index in [0.717, 1.165) is 5.52 Å². The molecule has 1 amide bonds. The predicted molar refractivity (Wildman–Crippen MR) is 119 cm³/mol. The number of carbonyl (C=O) groups is 1. The fourth-order valence-corrected chi connectivity index (χ4v) is 3.95. The average molecular weight is 513 g/mol. The lowest BCUT2D eigenvalue weighted by Crippen LogP contribution is -2.29. The number of rotatable bonds is 6. The number of hydrogen-bond donors (Lipinski definition) is 0. The first-order valence-electron chi connectivity index (χ1n) is 9.93. The molecular formula is C22H24BrF3N4O2. The van der Waals surface area contributed by atoms with Crippen molar-refractivity contribution < 1.29 is 22.7 Å². The largest absolute Gasteiger partial charge is 0.522 e. The minimum absolute atomic E-state index is 0.000602. The number of carbonyl (C=O) groups excluding carboxylic acids is 1. The summed E-state index contributed by atoms with van der Waals surface area (Å²) in [7, 11) is 0. The number of nitrogens with zero attached hydrogens (tertiary/aromatic N) is 4. The van der Waals surface area contributed by atoms with Crippen LogP contribution in [0.2, 0.25) is 0 Å². The van der Waals surface area contributed by atoms with Crippen molar-refractivity contribution in [3.05, 3.63) is 52.0 Å². The van der Waals surface area contributed by atoms with Crippen LogP contribution in [-0.4, -0.2) is 27.3 Å². The Morgan fingerprint density at radius 2 is 1.78 bits per heavy atom. The van der Waals surface area contributed by atoms with Gasteiger partial charge in [0.05, 0.1) is 28.8 Å². The number of halogens is 4. The normalized spacial score (nSPS) is 12.4. The lowest BCUT2D eigenvalue weighted by Gasteiger charge is -2.24. The Hall–Kier alpha value is -2.46. The fraction of sp³-hybridized carbons (Fsp3) is 0.409. The molecule has 0 saturated heterocycles. The van der Waals surface area contributed by atoms with Crippen LogP contribution in [0.1, 0.15) is 38.8 Å². The number of aromatic nitrogens is 3. The summed E-state index contributed by atoms with van der Waals surface area (Å²) in [6, 6.07) is 10.2. The topological polar surface area (TPSA) is 60.3 Å². The van der Waals surface area contributed by atoms with Crippen molar-refractivity contribution in [3.8, 4) is 0 Å². The molecule has 0 radical (unpaired) electrons. The van der Waals surface area contributed by atoms with Gasteiger partial charge in [-0.2, -0.15) is 0 Å². The van der Waals surface area contributed by atoms with E-state index < -0.39 is 13.0 Å². The molecule has 0 aliphatic rings. The van der Waals surface area contributed by atoms with Crippen LogP contribution in [-0.2, 0) is 29.2 Å². The highest BCUT2D eigenvalue weighted by molar-refractivity contribution is 9.10. The molecule has 3 rings (SSSR count). The maximum atomic E-state index is 12.5. The van der Waals surface area contributed by atoms with E-state index in [0.29, 0.717) is 33.3 Å². The van der Waals surface area contributed by atoms with Gasteiger partial charge in [0.15, 0.2) is 0 Å². The summed E-state index contributed by atoms with van der Waals surface area (Å²) in [5, 5.41) is 8.51. The zero-order chi connectivity index (χ0) is 23.7. The van der Waals surface area contributed by atoms with Crippen molar-refractivity contribution in [1.29, 1.82) is 0 Å². The second-order valence-electron chi connectivity index (χ2n) is 8.68. The van der Waals surface area contributed by atoms with E-state index in [1.54, 1.807) is 30.3 Å². The summed E-state index contributed by atoms with van der Waals surface area (Å²) in [5.41, 5.74) is 2.88. The van der Waals surface area contributed by atoms with E-state index >= 15 is 0 Å². The molecule has 0 N–H and O–H groups in total. The first-order chi connectivity index (χ1) is 14.9. The minimum Gasteiger partial charge on any atom is -0.307 e. The monoisotopic (exact) mass is 512 g/mol. The summed E-state index contributed by atoms with van der Waals surface area (Å²) in [6.07, 6.45) is -4.74. The number of alkyl halides is 3. The van der Waals surface area contributed by atoms with Crippen LogP contribution in [0.25, 0.3) is 11.0 Å². The second kappa shape index (κ2) is 9.19. The molecule has 0 saturated carbocycles. The molecule has 2 aromatic carbocycles. The van der Waals surface area contributed by atoms with Crippen LogP contribution in [0.5, 0.6) is 0 Å². The molecule has 3 aromatic rings. The molecule has 0 aliphatic heterocycles. The van der Waals surface area contributed by atoms with E-state index in [1.807, 2.05) is 10.7 Å². The van der Waals surface area contributed by atoms with Crippen LogP contribution in [0.15, 0.2) is 40.9 Å². The Labute approximate surface area is 192 Å². The van der Waals surface area contributed by atoms with E-state index in [9.17, 15) is 18.0 Å². The summed E-state index contributed by atoms with van der Waals surface area (Å²) < 4.78 is 44.0. The van der Waals surface area contributed by atoms with Crippen molar-refractivity contribution in [3.63, 3.8) is 0 Å². The summed E-state index contributed by atoms with van der Waals surface area (Å²) in [5.74, 6) is -0.265. The van der Waals surface area contributed by atoms with Crippen molar-refractivity contribution in [1.82, 2.24) is 15.0 Å². The van der Waals surface area contributed by atoms with Crippen LogP contribution < -0.4 is 4.90 Å². The number of hydrogen-bond acceptors (Lipinski definition) is 4. The van der Waals surface area contributed by atoms with E-state index in [-0.39, 0.29) is 17.9 Å². The van der Waals surface area contributed by atoms with Crippen molar-refractivity contribution in [2.45, 2.75) is 53.8 Å². The van der Waals surface area contributed by atoms with Gasteiger partial charge in [-0.25, -0.2) is 4.68 Å². The third-order valence-electron chi connectivity index (χ3n) is 4.74. The predicted octanol–water partition coefficient (Wildman–Crippen LogP) is 5.83. The maximum Gasteiger partial charge on any atom is 0.522 e. The SMILES string of the molecule is CC(=O)N(Cc1ccccc1COC(F)(F)F)c1ccc2c(nnn2CC(C)(C)C)c1Br. The lowest BCUT2D eigenvalue weighted by molar-refractivity contribution is -0.330. The van der Waals surface area contributed by atoms with E-state index in [1.165, 1.54) is 11.8 Å². The average Bonchev–Trinajstić information content (AvgIpc) is 3.07. The molecule has 1 heterocycles. The Balaban J connectivity index is 1.95. The van der Waals surface area contributed by atoms with Crippen LogP contribution in [0, 0.1) is 5.41 Å². The molecule has 32 heavy (non-hydrogen) atoms. The summed E-state index contributed by atoms with van der Waals surface area (Å²) in [4.78, 5) is 14.0. The third-order valence-corrected chi connectivity index (χ3v) is 5.52. The quantitative estimate of drug-likeness (QED) is 0.416. The Kier molecular flexibility index (Phi) is 6.94. The van der Waals surface area contributed by atoms with Gasteiger partial charge >= 0.3 is 6.36 Å². The standard InChI is InChI=1S/C22H24BrF3N4O2/c1-14(31)29(11-15-7-5-6-8-16(15)12-32-22(24,25)26)17-9-10-18-20(19(17)23)27-28-30(18)13-21(2,3)4/h5-10H,11-13H2,1-4H3. The summed E-state index contributed by atoms with van der Waals surface area (Å²) >= 11 is 3.55. The molecule has 0 aliphatic carbocycles. The van der Waals surface area contributed by atoms with E-state index in [2.05, 4.69) is 51.8 Å². The molecule has 0 unspecified atom stereocenters. The second-order valence-corrected chi connectivity index (χ2v) is 9.48. The zero-order valence-corrected chi connectivity index (χ0v) is 19.8. The molecular weight excluding hydrogens is 489 g/mol. The molecule has 0 bridgehead atoms. The lowest BCUT2D eigenvalue weighted by atomic mass is 9.97. The van der Waals surface area contributed by atoms with Gasteiger partial charge in [-0.05, 0) is 44.6 Å². The van der Waals surface area contributed by atoms with Gasteiger partial charge in [0.2, 0.25) is 5.91 Å². The molecule has 0 fully saturated rings. The van der Waals surface area contributed by atoms with Crippen LogP contribution in [0.3, 0.4) is 0 Å². The first-order valence-corrected chi connectivity index (χ1v) is 10.7. The molecule has 0 spiro atoms. The fourth-order valence-electron chi connectivity index (χ4n) is 3.32. The highest BCUT2D eigenvalue weighted by Crippen LogP contribution is 2.35. The number of fused-ring (bicyclic) bond motifs is 1. The van der Waals surface area contributed by atoms with Gasteiger partial charge in [-0.15, -0.1) is 18.3 Å². The number of anilines is 1. The molecule has 6 nitrogen and oxygen atoms in total. The van der Waals surface area contributed by atoms with Crippen LogP contribution >= 0.6 is 15.9 Å². The number of ether oxygens (including phenoxy) is 1. The molecule has 0 atom stereocenters. The van der Waals surface area contributed by atoms with Crippen LogP contribution in [0.4, 0.5) is 18.9 Å². The van der Waals surface area contributed by atoms with Crippen molar-refractivity contribution in [2.24, 2.45) is 5.41 Å². The van der Waals surface area contributed by atoms with Gasteiger partial charge in [0.1, 0.15) is 5.52 Å². The van der Waals surface area contributed by atoms with Gasteiger partial charge < -0.3 is 4.90 Å².